The molecular weight excluding hydrogens is 134 g/mol. The van der Waals surface area contributed by atoms with Crippen LogP contribution in [0.4, 0.5) is 0 Å². The maximum atomic E-state index is 10.8. The number of likely N-dealkylation sites (N-methyl/N-ethyl adjacent to an activating group) is 1. The first-order chi connectivity index (χ1) is 4.63. The Hall–Kier alpha value is -1.28. The first-order valence-corrected chi connectivity index (χ1v) is 2.64. The van der Waals surface area contributed by atoms with Gasteiger partial charge in [0.2, 0.25) is 0 Å². The zero-order valence-corrected chi connectivity index (χ0v) is 6.17. The Bertz CT molecular complexity index is 179. The molecule has 0 N–H and O–H groups in total. The Kier molecular flexibility index (Phi) is 3.22. The first-order valence-electron chi connectivity index (χ1n) is 2.64. The van der Waals surface area contributed by atoms with Gasteiger partial charge in [-0.05, 0) is 0 Å². The molecule has 56 valence electrons. The molecule has 0 saturated carbocycles. The minimum absolute atomic E-state index is 0.301. The highest BCUT2D eigenvalue weighted by molar-refractivity contribution is 5.98. The van der Waals surface area contributed by atoms with Crippen LogP contribution in [-0.4, -0.2) is 38.0 Å². The van der Waals surface area contributed by atoms with E-state index in [1.54, 1.807) is 0 Å². The van der Waals surface area contributed by atoms with Crippen molar-refractivity contribution in [3.8, 4) is 0 Å². The van der Waals surface area contributed by atoms with Crippen LogP contribution in [0.15, 0.2) is 5.76 Å². The molecule has 0 aliphatic carbocycles. The number of amides is 1. The van der Waals surface area contributed by atoms with E-state index in [1.165, 1.54) is 32.0 Å². The topological polar surface area (TPSA) is 46.6 Å². The molecule has 0 aliphatic heterocycles. The van der Waals surface area contributed by atoms with Gasteiger partial charge >= 0.3 is 0 Å². The summed E-state index contributed by atoms with van der Waals surface area (Å²) in [6.45, 7) is 0. The third kappa shape index (κ3) is 1.91. The second-order valence-corrected chi connectivity index (χ2v) is 1.83. The standard InChI is InChI=1S/C6H9NO3/c1-7(2)6(9)5(4-8)10-3/h1-3H3. The van der Waals surface area contributed by atoms with Crippen LogP contribution in [0.5, 0.6) is 0 Å². The Morgan fingerprint density at radius 2 is 2.00 bits per heavy atom. The Balaban J connectivity index is 4.33. The highest BCUT2D eigenvalue weighted by Gasteiger charge is 2.11. The lowest BCUT2D eigenvalue weighted by Crippen LogP contribution is -2.24. The van der Waals surface area contributed by atoms with Crippen molar-refractivity contribution >= 4 is 11.8 Å². The van der Waals surface area contributed by atoms with Crippen molar-refractivity contribution in [3.05, 3.63) is 5.76 Å². The van der Waals surface area contributed by atoms with Crippen molar-refractivity contribution < 1.29 is 14.3 Å². The molecule has 1 amide bonds. The van der Waals surface area contributed by atoms with Gasteiger partial charge in [0, 0.05) is 14.1 Å². The molecule has 4 heteroatoms. The van der Waals surface area contributed by atoms with Gasteiger partial charge in [-0.2, -0.15) is 0 Å². The lowest BCUT2D eigenvalue weighted by atomic mass is 10.5. The number of rotatable bonds is 2. The highest BCUT2D eigenvalue weighted by atomic mass is 16.5. The second kappa shape index (κ2) is 3.69. The highest BCUT2D eigenvalue weighted by Crippen LogP contribution is 1.92. The van der Waals surface area contributed by atoms with Gasteiger partial charge in [-0.15, -0.1) is 0 Å². The van der Waals surface area contributed by atoms with Crippen LogP contribution in [0.25, 0.3) is 0 Å². The van der Waals surface area contributed by atoms with Crippen LogP contribution in [0.1, 0.15) is 0 Å². The molecule has 0 radical (unpaired) electrons. The normalized spacial score (nSPS) is 7.90. The summed E-state index contributed by atoms with van der Waals surface area (Å²) < 4.78 is 4.42. The fraction of sp³-hybridized carbons (Fsp3) is 0.500. The Morgan fingerprint density at radius 3 is 2.10 bits per heavy atom. The maximum Gasteiger partial charge on any atom is 0.300 e. The van der Waals surface area contributed by atoms with Crippen LogP contribution in [0.2, 0.25) is 0 Å². The average molecular weight is 143 g/mol. The van der Waals surface area contributed by atoms with Gasteiger partial charge in [0.15, 0.2) is 5.94 Å². The third-order valence-corrected chi connectivity index (χ3v) is 0.897. The fourth-order valence-electron chi connectivity index (χ4n) is 0.376. The monoisotopic (exact) mass is 143 g/mol. The SMILES string of the molecule is COC(=C=O)C(=O)N(C)C. The molecule has 0 saturated heterocycles. The fourth-order valence-corrected chi connectivity index (χ4v) is 0.376. The van der Waals surface area contributed by atoms with E-state index in [0.29, 0.717) is 0 Å². The van der Waals surface area contributed by atoms with Gasteiger partial charge in [-0.3, -0.25) is 4.79 Å². The molecular formula is C6H9NO3. The molecule has 4 nitrogen and oxygen atoms in total. The molecule has 0 unspecified atom stereocenters. The van der Waals surface area contributed by atoms with Crippen molar-refractivity contribution in [2.45, 2.75) is 0 Å². The van der Waals surface area contributed by atoms with Gasteiger partial charge in [0.05, 0.1) is 7.11 Å². The lowest BCUT2D eigenvalue weighted by molar-refractivity contribution is -0.127. The lowest BCUT2D eigenvalue weighted by Gasteiger charge is -2.08. The molecule has 0 aliphatic rings. The molecule has 10 heavy (non-hydrogen) atoms. The largest absolute Gasteiger partial charge is 0.483 e. The number of ether oxygens (including phenoxy) is 1. The number of hydrogen-bond donors (Lipinski definition) is 0. The first kappa shape index (κ1) is 8.72. The smallest absolute Gasteiger partial charge is 0.300 e. The molecule has 0 atom stereocenters. The second-order valence-electron chi connectivity index (χ2n) is 1.83. The van der Waals surface area contributed by atoms with Gasteiger partial charge < -0.3 is 9.64 Å². The average Bonchev–Trinajstić information content (AvgIpc) is 1.90. The molecule has 0 aromatic heterocycles. The molecule has 0 rings (SSSR count). The van der Waals surface area contributed by atoms with Crippen LogP contribution < -0.4 is 0 Å². The molecule has 0 aromatic rings. The van der Waals surface area contributed by atoms with Gasteiger partial charge in [-0.1, -0.05) is 0 Å². The summed E-state index contributed by atoms with van der Waals surface area (Å²) in [4.78, 5) is 22.0. The van der Waals surface area contributed by atoms with Gasteiger partial charge in [0.25, 0.3) is 11.7 Å². The van der Waals surface area contributed by atoms with Gasteiger partial charge in [0.1, 0.15) is 0 Å². The molecule has 0 aromatic carbocycles. The number of carbonyl (C=O) groups is 1. The summed E-state index contributed by atoms with van der Waals surface area (Å²) in [6, 6.07) is 0. The van der Waals surface area contributed by atoms with E-state index in [9.17, 15) is 9.59 Å². The van der Waals surface area contributed by atoms with Crippen LogP contribution in [0, 0.1) is 0 Å². The summed E-state index contributed by atoms with van der Waals surface area (Å²) in [5.74, 6) is 0.611. The van der Waals surface area contributed by atoms with Crippen LogP contribution in [0.3, 0.4) is 0 Å². The van der Waals surface area contributed by atoms with Crippen molar-refractivity contribution in [2.75, 3.05) is 21.2 Å². The van der Waals surface area contributed by atoms with E-state index in [-0.39, 0.29) is 5.76 Å². The maximum absolute atomic E-state index is 10.8. The predicted octanol–water partition coefficient (Wildman–Crippen LogP) is -0.564. The zero-order chi connectivity index (χ0) is 8.15. The number of methoxy groups -OCH3 is 1. The van der Waals surface area contributed by atoms with Gasteiger partial charge in [-0.25, -0.2) is 4.79 Å². The predicted molar refractivity (Wildman–Crippen MR) is 34.9 cm³/mol. The van der Waals surface area contributed by atoms with E-state index >= 15 is 0 Å². The third-order valence-electron chi connectivity index (χ3n) is 0.897. The summed E-state index contributed by atoms with van der Waals surface area (Å²) in [5.41, 5.74) is 0. The van der Waals surface area contributed by atoms with E-state index in [2.05, 4.69) is 4.74 Å². The summed E-state index contributed by atoms with van der Waals surface area (Å²) >= 11 is 0. The van der Waals surface area contributed by atoms with E-state index < -0.39 is 5.91 Å². The Labute approximate surface area is 59.1 Å². The summed E-state index contributed by atoms with van der Waals surface area (Å²) in [7, 11) is 4.30. The quantitative estimate of drug-likeness (QED) is 0.295. The number of hydrogen-bond acceptors (Lipinski definition) is 3. The van der Waals surface area contributed by atoms with Crippen molar-refractivity contribution in [3.63, 3.8) is 0 Å². The molecule has 0 spiro atoms. The Morgan fingerprint density at radius 1 is 1.50 bits per heavy atom. The van der Waals surface area contributed by atoms with Crippen LogP contribution >= 0.6 is 0 Å². The molecule has 0 bridgehead atoms. The van der Waals surface area contributed by atoms with Crippen molar-refractivity contribution in [1.82, 2.24) is 4.90 Å². The van der Waals surface area contributed by atoms with E-state index in [4.69, 9.17) is 0 Å². The zero-order valence-electron chi connectivity index (χ0n) is 6.17. The molecule has 0 heterocycles. The van der Waals surface area contributed by atoms with E-state index in [1.807, 2.05) is 0 Å². The minimum atomic E-state index is -0.475. The van der Waals surface area contributed by atoms with Crippen LogP contribution in [-0.2, 0) is 14.3 Å². The molecule has 0 fully saturated rings. The summed E-state index contributed by atoms with van der Waals surface area (Å²) in [5, 5.41) is 0. The number of nitrogens with zero attached hydrogens (tertiary/aromatic N) is 1. The summed E-state index contributed by atoms with van der Waals surface area (Å²) in [6.07, 6.45) is 0. The van der Waals surface area contributed by atoms with Crippen molar-refractivity contribution in [2.24, 2.45) is 0 Å². The number of carbonyl (C=O) groups excluding carboxylic acids is 2. The van der Waals surface area contributed by atoms with Crippen molar-refractivity contribution in [1.29, 1.82) is 0 Å². The minimum Gasteiger partial charge on any atom is -0.483 e. The van der Waals surface area contributed by atoms with E-state index in [0.717, 1.165) is 0 Å².